The summed E-state index contributed by atoms with van der Waals surface area (Å²) in [5.74, 6) is 0.251. The predicted molar refractivity (Wildman–Crippen MR) is 76.1 cm³/mol. The largest absolute Gasteiger partial charge is 0.399 e. The maximum atomic E-state index is 12.0. The van der Waals surface area contributed by atoms with Gasteiger partial charge in [-0.2, -0.15) is 0 Å². The SMILES string of the molecule is Cc1cccnc1NS(=O)(=O)Cc1ccc(N)cc1. The van der Waals surface area contributed by atoms with Gasteiger partial charge in [0.25, 0.3) is 0 Å². The molecule has 19 heavy (non-hydrogen) atoms. The zero-order chi connectivity index (χ0) is 13.9. The second-order valence-corrected chi connectivity index (χ2v) is 5.99. The van der Waals surface area contributed by atoms with E-state index >= 15 is 0 Å². The standard InChI is InChI=1S/C13H15N3O2S/c1-10-3-2-8-15-13(10)16-19(17,18)9-11-4-6-12(14)7-5-11/h2-8H,9,14H2,1H3,(H,15,16). The van der Waals surface area contributed by atoms with E-state index in [0.29, 0.717) is 17.1 Å². The molecule has 0 saturated heterocycles. The van der Waals surface area contributed by atoms with E-state index in [0.717, 1.165) is 5.56 Å². The van der Waals surface area contributed by atoms with Gasteiger partial charge < -0.3 is 5.73 Å². The molecule has 1 heterocycles. The van der Waals surface area contributed by atoms with E-state index in [9.17, 15) is 8.42 Å². The number of pyridine rings is 1. The Morgan fingerprint density at radius 2 is 1.89 bits per heavy atom. The highest BCUT2D eigenvalue weighted by Crippen LogP contribution is 2.14. The van der Waals surface area contributed by atoms with E-state index in [-0.39, 0.29) is 5.75 Å². The molecule has 0 radical (unpaired) electrons. The van der Waals surface area contributed by atoms with Crippen molar-refractivity contribution < 1.29 is 8.42 Å². The van der Waals surface area contributed by atoms with Gasteiger partial charge in [-0.25, -0.2) is 13.4 Å². The van der Waals surface area contributed by atoms with E-state index in [1.807, 2.05) is 0 Å². The summed E-state index contributed by atoms with van der Waals surface area (Å²) in [4.78, 5) is 4.01. The fraction of sp³-hybridized carbons (Fsp3) is 0.154. The average molecular weight is 277 g/mol. The second-order valence-electron chi connectivity index (χ2n) is 4.27. The van der Waals surface area contributed by atoms with Gasteiger partial charge in [-0.3, -0.25) is 4.72 Å². The van der Waals surface area contributed by atoms with Crippen molar-refractivity contribution in [1.29, 1.82) is 0 Å². The Hall–Kier alpha value is -2.08. The van der Waals surface area contributed by atoms with Crippen LogP contribution in [-0.4, -0.2) is 13.4 Å². The fourth-order valence-corrected chi connectivity index (χ4v) is 2.82. The van der Waals surface area contributed by atoms with Crippen LogP contribution in [0.25, 0.3) is 0 Å². The molecule has 2 rings (SSSR count). The first kappa shape index (κ1) is 13.4. The Kier molecular flexibility index (Phi) is 3.71. The Morgan fingerprint density at radius 3 is 2.53 bits per heavy atom. The molecule has 0 aliphatic heterocycles. The monoisotopic (exact) mass is 277 g/mol. The molecule has 0 aliphatic carbocycles. The van der Waals surface area contributed by atoms with Crippen LogP contribution in [0, 0.1) is 6.92 Å². The number of nitrogens with zero attached hydrogens (tertiary/aromatic N) is 1. The number of nitrogen functional groups attached to an aromatic ring is 1. The van der Waals surface area contributed by atoms with Gasteiger partial charge in [-0.05, 0) is 36.2 Å². The van der Waals surface area contributed by atoms with Crippen molar-refractivity contribution in [2.24, 2.45) is 0 Å². The minimum atomic E-state index is -3.48. The molecule has 0 aliphatic rings. The first-order chi connectivity index (χ1) is 8.96. The molecule has 1 aromatic heterocycles. The highest BCUT2D eigenvalue weighted by molar-refractivity contribution is 7.91. The lowest BCUT2D eigenvalue weighted by Gasteiger charge is -2.09. The number of rotatable bonds is 4. The smallest absolute Gasteiger partial charge is 0.238 e. The molecule has 3 N–H and O–H groups in total. The van der Waals surface area contributed by atoms with Crippen molar-refractivity contribution in [2.45, 2.75) is 12.7 Å². The Labute approximate surface area is 112 Å². The number of aromatic nitrogens is 1. The summed E-state index contributed by atoms with van der Waals surface area (Å²) in [6, 6.07) is 10.3. The Balaban J connectivity index is 2.15. The van der Waals surface area contributed by atoms with Gasteiger partial charge in [-0.1, -0.05) is 18.2 Å². The second kappa shape index (κ2) is 5.27. The van der Waals surface area contributed by atoms with Gasteiger partial charge in [0, 0.05) is 11.9 Å². The van der Waals surface area contributed by atoms with Crippen molar-refractivity contribution in [3.8, 4) is 0 Å². The van der Waals surface area contributed by atoms with Crippen LogP contribution in [0.4, 0.5) is 11.5 Å². The van der Waals surface area contributed by atoms with Crippen molar-refractivity contribution in [1.82, 2.24) is 4.98 Å². The summed E-state index contributed by atoms with van der Waals surface area (Å²) in [6.45, 7) is 1.80. The van der Waals surface area contributed by atoms with Gasteiger partial charge in [-0.15, -0.1) is 0 Å². The van der Waals surface area contributed by atoms with Gasteiger partial charge in [0.05, 0.1) is 5.75 Å². The number of hydrogen-bond acceptors (Lipinski definition) is 4. The third-order valence-corrected chi connectivity index (χ3v) is 3.82. The molecule has 0 amide bonds. The summed E-state index contributed by atoms with van der Waals surface area (Å²) in [5, 5.41) is 0. The topological polar surface area (TPSA) is 85.1 Å². The zero-order valence-electron chi connectivity index (χ0n) is 10.5. The molecule has 5 nitrogen and oxygen atoms in total. The van der Waals surface area contributed by atoms with Gasteiger partial charge in [0.15, 0.2) is 0 Å². The zero-order valence-corrected chi connectivity index (χ0v) is 11.3. The van der Waals surface area contributed by atoms with Crippen LogP contribution in [-0.2, 0) is 15.8 Å². The Morgan fingerprint density at radius 1 is 1.21 bits per heavy atom. The highest BCUT2D eigenvalue weighted by atomic mass is 32.2. The van der Waals surface area contributed by atoms with Crippen LogP contribution in [0.3, 0.4) is 0 Å². The highest BCUT2D eigenvalue weighted by Gasteiger charge is 2.13. The molecular weight excluding hydrogens is 262 g/mol. The lowest BCUT2D eigenvalue weighted by molar-refractivity contribution is 0.600. The summed E-state index contributed by atoms with van der Waals surface area (Å²) >= 11 is 0. The van der Waals surface area contributed by atoms with Crippen LogP contribution in [0.15, 0.2) is 42.6 Å². The lowest BCUT2D eigenvalue weighted by atomic mass is 10.2. The summed E-state index contributed by atoms with van der Waals surface area (Å²) in [6.07, 6.45) is 1.55. The molecule has 2 aromatic rings. The molecule has 0 spiro atoms. The van der Waals surface area contributed by atoms with Gasteiger partial charge in [0.2, 0.25) is 10.0 Å². The summed E-state index contributed by atoms with van der Waals surface area (Å²) in [5.41, 5.74) is 7.62. The molecule has 0 atom stereocenters. The summed E-state index contributed by atoms with van der Waals surface area (Å²) < 4.78 is 26.5. The van der Waals surface area contributed by atoms with E-state index in [2.05, 4.69) is 9.71 Å². The number of nitrogens with one attached hydrogen (secondary N) is 1. The number of anilines is 2. The predicted octanol–water partition coefficient (Wildman–Crippen LogP) is 1.91. The van der Waals surface area contributed by atoms with Crippen LogP contribution in [0.2, 0.25) is 0 Å². The number of aryl methyl sites for hydroxylation is 1. The maximum absolute atomic E-state index is 12.0. The molecule has 0 unspecified atom stereocenters. The van der Waals surface area contributed by atoms with Gasteiger partial charge in [0.1, 0.15) is 5.82 Å². The van der Waals surface area contributed by atoms with Crippen LogP contribution >= 0.6 is 0 Å². The molecule has 100 valence electrons. The average Bonchev–Trinajstić information content (AvgIpc) is 2.35. The normalized spacial score (nSPS) is 11.2. The quantitative estimate of drug-likeness (QED) is 0.836. The van der Waals surface area contributed by atoms with E-state index in [1.54, 1.807) is 49.5 Å². The van der Waals surface area contributed by atoms with Gasteiger partial charge >= 0.3 is 0 Å². The molecule has 1 aromatic carbocycles. The van der Waals surface area contributed by atoms with E-state index in [1.165, 1.54) is 0 Å². The van der Waals surface area contributed by atoms with E-state index < -0.39 is 10.0 Å². The molecule has 6 heteroatoms. The summed E-state index contributed by atoms with van der Waals surface area (Å²) in [7, 11) is -3.48. The molecular formula is C13H15N3O2S. The number of sulfonamides is 1. The Bertz CT molecular complexity index is 667. The van der Waals surface area contributed by atoms with Crippen molar-refractivity contribution >= 4 is 21.5 Å². The van der Waals surface area contributed by atoms with Crippen molar-refractivity contribution in [2.75, 3.05) is 10.5 Å². The molecule has 0 fully saturated rings. The van der Waals surface area contributed by atoms with Crippen LogP contribution in [0.1, 0.15) is 11.1 Å². The molecule has 0 bridgehead atoms. The minimum absolute atomic E-state index is 0.108. The van der Waals surface area contributed by atoms with Crippen LogP contribution < -0.4 is 10.5 Å². The fourth-order valence-electron chi connectivity index (χ4n) is 1.61. The maximum Gasteiger partial charge on any atom is 0.238 e. The van der Waals surface area contributed by atoms with E-state index in [4.69, 9.17) is 5.73 Å². The first-order valence-corrected chi connectivity index (χ1v) is 7.38. The van der Waals surface area contributed by atoms with Crippen molar-refractivity contribution in [3.05, 3.63) is 53.7 Å². The molecule has 0 saturated carbocycles. The number of nitrogens with two attached hydrogens (primary N) is 1. The number of benzene rings is 1. The van der Waals surface area contributed by atoms with Crippen molar-refractivity contribution in [3.63, 3.8) is 0 Å². The minimum Gasteiger partial charge on any atom is -0.399 e. The third kappa shape index (κ3) is 3.69. The number of hydrogen-bond donors (Lipinski definition) is 2. The lowest BCUT2D eigenvalue weighted by Crippen LogP contribution is -2.16. The first-order valence-electron chi connectivity index (χ1n) is 5.73. The third-order valence-electron chi connectivity index (χ3n) is 2.60. The van der Waals surface area contributed by atoms with Crippen LogP contribution in [0.5, 0.6) is 0 Å².